The van der Waals surface area contributed by atoms with Gasteiger partial charge in [0.1, 0.15) is 0 Å². The van der Waals surface area contributed by atoms with Gasteiger partial charge in [-0.15, -0.1) is 0 Å². The Morgan fingerprint density at radius 1 is 1.40 bits per heavy atom. The van der Waals surface area contributed by atoms with E-state index in [2.05, 4.69) is 10.3 Å². The second-order valence-corrected chi connectivity index (χ2v) is 5.52. The Balaban J connectivity index is 2.12. The summed E-state index contributed by atoms with van der Waals surface area (Å²) in [5.41, 5.74) is 8.56. The monoisotopic (exact) mass is 276 g/mol. The fourth-order valence-electron chi connectivity index (χ4n) is 2.59. The van der Waals surface area contributed by atoms with Crippen LogP contribution in [0.1, 0.15) is 29.3 Å². The Bertz CT molecular complexity index is 532. The van der Waals surface area contributed by atoms with Crippen molar-refractivity contribution >= 4 is 11.8 Å². The van der Waals surface area contributed by atoms with Crippen LogP contribution >= 0.6 is 0 Å². The van der Waals surface area contributed by atoms with E-state index in [4.69, 9.17) is 11.6 Å². The molecule has 1 aromatic carbocycles. The molecule has 6 nitrogen and oxygen atoms in total. The highest BCUT2D eigenvalue weighted by Gasteiger charge is 2.38. The number of primary amides is 1. The van der Waals surface area contributed by atoms with Crippen LogP contribution in [0.2, 0.25) is 0 Å². The summed E-state index contributed by atoms with van der Waals surface area (Å²) in [4.78, 5) is 25.3. The molecule has 1 heterocycles. The first-order chi connectivity index (χ1) is 9.46. The lowest BCUT2D eigenvalue weighted by molar-refractivity contribution is -0.126. The zero-order valence-corrected chi connectivity index (χ0v) is 11.6. The molecule has 0 saturated carbocycles. The Morgan fingerprint density at radius 2 is 2.10 bits per heavy atom. The van der Waals surface area contributed by atoms with Crippen molar-refractivity contribution in [2.45, 2.75) is 19.9 Å². The number of nitrogens with zero attached hydrogens (tertiary/aromatic N) is 1. The summed E-state index contributed by atoms with van der Waals surface area (Å²) in [6.45, 7) is 3.89. The first kappa shape index (κ1) is 14.5. The molecule has 1 saturated heterocycles. The van der Waals surface area contributed by atoms with Gasteiger partial charge in [-0.2, -0.15) is 0 Å². The summed E-state index contributed by atoms with van der Waals surface area (Å²) in [6.07, 6.45) is 0.744. The second kappa shape index (κ2) is 5.60. The van der Waals surface area contributed by atoms with Crippen LogP contribution in [-0.4, -0.2) is 29.8 Å². The van der Waals surface area contributed by atoms with Crippen molar-refractivity contribution in [1.82, 2.24) is 10.3 Å². The van der Waals surface area contributed by atoms with Crippen LogP contribution in [0.3, 0.4) is 0 Å². The number of rotatable bonds is 4. The van der Waals surface area contributed by atoms with Gasteiger partial charge >= 0.3 is 0 Å². The van der Waals surface area contributed by atoms with Crippen molar-refractivity contribution < 1.29 is 9.59 Å². The zero-order chi connectivity index (χ0) is 14.8. The third-order valence-corrected chi connectivity index (χ3v) is 3.93. The van der Waals surface area contributed by atoms with E-state index >= 15 is 0 Å². The molecular formula is C14H20N4O2. The predicted octanol–water partition coefficient (Wildman–Crippen LogP) is -0.0126. The van der Waals surface area contributed by atoms with Crippen molar-refractivity contribution in [2.75, 3.05) is 13.1 Å². The Kier molecular flexibility index (Phi) is 4.06. The molecule has 0 aromatic heterocycles. The lowest BCUT2D eigenvalue weighted by Gasteiger charge is -2.21. The lowest BCUT2D eigenvalue weighted by Crippen LogP contribution is -2.37. The summed E-state index contributed by atoms with van der Waals surface area (Å²) >= 11 is 0. The molecule has 5 N–H and O–H groups in total. The van der Waals surface area contributed by atoms with Gasteiger partial charge < -0.3 is 5.73 Å². The molecule has 2 amide bonds. The maximum Gasteiger partial charge on any atom is 0.265 e. The summed E-state index contributed by atoms with van der Waals surface area (Å²) < 4.78 is 0. The van der Waals surface area contributed by atoms with Gasteiger partial charge in [0.25, 0.3) is 5.91 Å². The summed E-state index contributed by atoms with van der Waals surface area (Å²) in [5.74, 6) is 4.61. The fourth-order valence-corrected chi connectivity index (χ4v) is 2.59. The molecule has 1 atom stereocenters. The molecular weight excluding hydrogens is 256 g/mol. The fraction of sp³-hybridized carbons (Fsp3) is 0.429. The van der Waals surface area contributed by atoms with Crippen molar-refractivity contribution in [3.05, 3.63) is 35.4 Å². The number of hydrogen-bond donors (Lipinski definition) is 3. The van der Waals surface area contributed by atoms with Gasteiger partial charge in [-0.3, -0.25) is 19.9 Å². The van der Waals surface area contributed by atoms with E-state index in [0.717, 1.165) is 18.5 Å². The normalized spacial score (nSPS) is 22.7. The second-order valence-electron chi connectivity index (χ2n) is 5.52. The minimum absolute atomic E-state index is 0.270. The molecule has 0 radical (unpaired) electrons. The minimum Gasteiger partial charge on any atom is -0.369 e. The molecule has 1 fully saturated rings. The number of amides is 2. The molecule has 6 heteroatoms. The topological polar surface area (TPSA) is 101 Å². The maximum absolute atomic E-state index is 11.7. The van der Waals surface area contributed by atoms with Crippen LogP contribution in [0, 0.1) is 5.41 Å². The Labute approximate surface area is 118 Å². The van der Waals surface area contributed by atoms with E-state index in [9.17, 15) is 9.59 Å². The van der Waals surface area contributed by atoms with Gasteiger partial charge in [-0.05, 0) is 31.5 Å². The number of nitrogen functional groups attached to an aromatic ring is 1. The SMILES string of the molecule is CC1(C(N)=O)CCN(Cc2ccccc2C(=O)NN)C1. The number of benzene rings is 1. The molecule has 0 spiro atoms. The number of nitrogens with two attached hydrogens (primary N) is 2. The van der Waals surface area contributed by atoms with Gasteiger partial charge in [0.15, 0.2) is 0 Å². The molecule has 0 bridgehead atoms. The Morgan fingerprint density at radius 3 is 2.70 bits per heavy atom. The maximum atomic E-state index is 11.7. The smallest absolute Gasteiger partial charge is 0.265 e. The minimum atomic E-state index is -0.481. The van der Waals surface area contributed by atoms with Crippen molar-refractivity contribution in [3.8, 4) is 0 Å². The van der Waals surface area contributed by atoms with Crippen LogP contribution in [0.4, 0.5) is 0 Å². The average molecular weight is 276 g/mol. The molecule has 20 heavy (non-hydrogen) atoms. The predicted molar refractivity (Wildman–Crippen MR) is 75.3 cm³/mol. The van der Waals surface area contributed by atoms with Crippen LogP contribution in [-0.2, 0) is 11.3 Å². The molecule has 1 aliphatic heterocycles. The first-order valence-corrected chi connectivity index (χ1v) is 6.57. The molecule has 1 aliphatic rings. The van der Waals surface area contributed by atoms with Gasteiger partial charge in [0.05, 0.1) is 5.41 Å². The average Bonchev–Trinajstić information content (AvgIpc) is 2.81. The molecule has 108 valence electrons. The molecule has 1 unspecified atom stereocenters. The highest BCUT2D eigenvalue weighted by atomic mass is 16.2. The molecule has 1 aromatic rings. The van der Waals surface area contributed by atoms with Gasteiger partial charge in [0.2, 0.25) is 5.91 Å². The van der Waals surface area contributed by atoms with Crippen LogP contribution in [0.25, 0.3) is 0 Å². The third-order valence-electron chi connectivity index (χ3n) is 3.93. The quantitative estimate of drug-likeness (QED) is 0.409. The largest absolute Gasteiger partial charge is 0.369 e. The number of likely N-dealkylation sites (tertiary alicyclic amines) is 1. The van der Waals surface area contributed by atoms with E-state index in [1.54, 1.807) is 12.1 Å². The summed E-state index contributed by atoms with van der Waals surface area (Å²) in [6, 6.07) is 7.31. The number of hydrogen-bond acceptors (Lipinski definition) is 4. The van der Waals surface area contributed by atoms with E-state index < -0.39 is 5.41 Å². The standard InChI is InChI=1S/C14H20N4O2/c1-14(13(15)20)6-7-18(9-14)8-10-4-2-3-5-11(10)12(19)17-16/h2-5H,6-9,16H2,1H3,(H2,15,20)(H,17,19). The Hall–Kier alpha value is -1.92. The van der Waals surface area contributed by atoms with Crippen molar-refractivity contribution in [1.29, 1.82) is 0 Å². The van der Waals surface area contributed by atoms with Crippen LogP contribution < -0.4 is 17.0 Å². The van der Waals surface area contributed by atoms with E-state index in [0.29, 0.717) is 18.7 Å². The molecule has 0 aliphatic carbocycles. The first-order valence-electron chi connectivity index (χ1n) is 6.57. The van der Waals surface area contributed by atoms with E-state index in [1.165, 1.54) is 0 Å². The van der Waals surface area contributed by atoms with Gasteiger partial charge in [-0.25, -0.2) is 5.84 Å². The summed E-state index contributed by atoms with van der Waals surface area (Å²) in [5, 5.41) is 0. The molecule has 2 rings (SSSR count). The third kappa shape index (κ3) is 2.81. The number of carbonyl (C=O) groups is 2. The van der Waals surface area contributed by atoms with Gasteiger partial charge in [0, 0.05) is 18.7 Å². The zero-order valence-electron chi connectivity index (χ0n) is 11.6. The van der Waals surface area contributed by atoms with E-state index in [1.807, 2.05) is 19.1 Å². The lowest BCUT2D eigenvalue weighted by atomic mass is 9.89. The van der Waals surface area contributed by atoms with Crippen molar-refractivity contribution in [3.63, 3.8) is 0 Å². The summed E-state index contributed by atoms with van der Waals surface area (Å²) in [7, 11) is 0. The number of hydrazine groups is 1. The highest BCUT2D eigenvalue weighted by molar-refractivity contribution is 5.95. The van der Waals surface area contributed by atoms with E-state index in [-0.39, 0.29) is 11.8 Å². The van der Waals surface area contributed by atoms with Crippen LogP contribution in [0.5, 0.6) is 0 Å². The highest BCUT2D eigenvalue weighted by Crippen LogP contribution is 2.30. The number of carbonyl (C=O) groups excluding carboxylic acids is 2. The van der Waals surface area contributed by atoms with Crippen molar-refractivity contribution in [2.24, 2.45) is 17.0 Å². The van der Waals surface area contributed by atoms with Crippen LogP contribution in [0.15, 0.2) is 24.3 Å². The number of nitrogens with one attached hydrogen (secondary N) is 1. The van der Waals surface area contributed by atoms with Gasteiger partial charge in [-0.1, -0.05) is 18.2 Å².